The first kappa shape index (κ1) is 8.65. The molecule has 1 aromatic carbocycles. The average molecular weight is 219 g/mol. The van der Waals surface area contributed by atoms with E-state index in [4.69, 9.17) is 11.6 Å². The zero-order chi connectivity index (χ0) is 9.42. The zero-order valence-corrected chi connectivity index (χ0v) is 7.80. The summed E-state index contributed by atoms with van der Waals surface area (Å²) in [5, 5.41) is 2.50. The Morgan fingerprint density at radius 2 is 2.23 bits per heavy atom. The lowest BCUT2D eigenvalue weighted by atomic mass is 10.3. The Morgan fingerprint density at radius 1 is 1.46 bits per heavy atom. The van der Waals surface area contributed by atoms with E-state index in [1.54, 1.807) is 6.07 Å². The molecule has 0 unspecified atom stereocenters. The van der Waals surface area contributed by atoms with Crippen LogP contribution < -0.4 is 10.0 Å². The van der Waals surface area contributed by atoms with Gasteiger partial charge in [-0.3, -0.25) is 4.72 Å². The highest BCUT2D eigenvalue weighted by Gasteiger charge is 2.19. The van der Waals surface area contributed by atoms with E-state index in [1.807, 2.05) is 0 Å². The van der Waals surface area contributed by atoms with Gasteiger partial charge < -0.3 is 5.32 Å². The van der Waals surface area contributed by atoms with Crippen molar-refractivity contribution >= 4 is 35.3 Å². The highest BCUT2D eigenvalue weighted by Crippen LogP contribution is 2.34. The maximum Gasteiger partial charge on any atom is 0.329 e. The number of amides is 2. The van der Waals surface area contributed by atoms with Gasteiger partial charge in [0, 0.05) is 0 Å². The van der Waals surface area contributed by atoms with Gasteiger partial charge in [0.25, 0.3) is 0 Å². The lowest BCUT2D eigenvalue weighted by Crippen LogP contribution is -2.27. The van der Waals surface area contributed by atoms with Crippen molar-refractivity contribution in [3.63, 3.8) is 0 Å². The summed E-state index contributed by atoms with van der Waals surface area (Å²) in [6.07, 6.45) is 0. The Labute approximate surface area is 82.8 Å². The van der Waals surface area contributed by atoms with Crippen molar-refractivity contribution in [3.8, 4) is 0 Å². The molecule has 2 amide bonds. The molecule has 0 saturated carbocycles. The monoisotopic (exact) mass is 218 g/mol. The summed E-state index contributed by atoms with van der Waals surface area (Å²) in [5.41, 5.74) is 0.440. The van der Waals surface area contributed by atoms with E-state index in [-0.39, 0.29) is 11.1 Å². The van der Waals surface area contributed by atoms with Crippen molar-refractivity contribution in [2.24, 2.45) is 0 Å². The van der Waals surface area contributed by atoms with Crippen LogP contribution in [0, 0.1) is 5.82 Å². The second-order valence-electron chi connectivity index (χ2n) is 2.40. The molecular weight excluding hydrogens is 215 g/mol. The molecule has 0 spiro atoms. The van der Waals surface area contributed by atoms with Gasteiger partial charge in [-0.25, -0.2) is 9.18 Å². The molecule has 3 nitrogen and oxygen atoms in total. The van der Waals surface area contributed by atoms with Gasteiger partial charge in [0.05, 0.1) is 15.6 Å². The molecule has 1 aliphatic rings. The van der Waals surface area contributed by atoms with Crippen molar-refractivity contribution in [1.82, 2.24) is 4.72 Å². The molecule has 1 heterocycles. The van der Waals surface area contributed by atoms with Gasteiger partial charge in [0.15, 0.2) is 5.82 Å². The third-order valence-corrected chi connectivity index (χ3v) is 2.73. The van der Waals surface area contributed by atoms with Crippen LogP contribution >= 0.6 is 23.5 Å². The fourth-order valence-electron chi connectivity index (χ4n) is 0.975. The average Bonchev–Trinajstić information content (AvgIpc) is 2.12. The zero-order valence-electron chi connectivity index (χ0n) is 6.23. The van der Waals surface area contributed by atoms with Gasteiger partial charge in [0.2, 0.25) is 0 Å². The molecule has 2 rings (SSSR count). The summed E-state index contributed by atoms with van der Waals surface area (Å²) in [6.45, 7) is 0. The number of anilines is 1. The van der Waals surface area contributed by atoms with E-state index >= 15 is 0 Å². The minimum atomic E-state index is -0.517. The molecule has 1 aliphatic heterocycles. The molecule has 0 saturated heterocycles. The summed E-state index contributed by atoms with van der Waals surface area (Å²) in [7, 11) is 0. The minimum absolute atomic E-state index is 0.0456. The van der Waals surface area contributed by atoms with Crippen molar-refractivity contribution in [2.45, 2.75) is 4.90 Å². The van der Waals surface area contributed by atoms with Crippen LogP contribution in [0.4, 0.5) is 14.9 Å². The standard InChI is InChI=1S/C7H4ClFN2OS/c8-3-1-2-4-6(5(3)9)13-11-7(12)10-4/h1-2H,(H2,10,11,12). The van der Waals surface area contributed by atoms with Crippen molar-refractivity contribution in [1.29, 1.82) is 0 Å². The minimum Gasteiger partial charge on any atom is -0.306 e. The SMILES string of the molecule is O=C1NSc2c(ccc(Cl)c2F)N1. The van der Waals surface area contributed by atoms with Crippen molar-refractivity contribution in [3.05, 3.63) is 23.0 Å². The molecule has 68 valence electrons. The molecule has 2 N–H and O–H groups in total. The van der Waals surface area contributed by atoms with Crippen LogP contribution in [-0.2, 0) is 0 Å². The quantitative estimate of drug-likeness (QED) is 0.658. The normalized spacial score (nSPS) is 14.5. The first-order valence-corrected chi connectivity index (χ1v) is 4.60. The summed E-state index contributed by atoms with van der Waals surface area (Å²) >= 11 is 6.47. The van der Waals surface area contributed by atoms with E-state index in [1.165, 1.54) is 6.07 Å². The predicted molar refractivity (Wildman–Crippen MR) is 49.4 cm³/mol. The van der Waals surface area contributed by atoms with Gasteiger partial charge in [-0.15, -0.1) is 0 Å². The second kappa shape index (κ2) is 3.08. The van der Waals surface area contributed by atoms with Crippen molar-refractivity contribution in [2.75, 3.05) is 5.32 Å². The van der Waals surface area contributed by atoms with Gasteiger partial charge in [-0.1, -0.05) is 11.6 Å². The van der Waals surface area contributed by atoms with Gasteiger partial charge in [-0.2, -0.15) is 0 Å². The third kappa shape index (κ3) is 1.45. The molecule has 0 bridgehead atoms. The number of benzene rings is 1. The predicted octanol–water partition coefficient (Wildman–Crippen LogP) is 2.62. The summed E-state index contributed by atoms with van der Waals surface area (Å²) in [5.74, 6) is -0.517. The second-order valence-corrected chi connectivity index (χ2v) is 3.62. The van der Waals surface area contributed by atoms with E-state index < -0.39 is 5.82 Å². The molecule has 0 aromatic heterocycles. The maximum atomic E-state index is 13.3. The van der Waals surface area contributed by atoms with Crippen LogP contribution in [0.2, 0.25) is 5.02 Å². The van der Waals surface area contributed by atoms with Crippen LogP contribution in [0.25, 0.3) is 0 Å². The Bertz CT molecular complexity index is 385. The summed E-state index contributed by atoms with van der Waals surface area (Å²) in [4.78, 5) is 11.1. The van der Waals surface area contributed by atoms with Crippen LogP contribution in [0.3, 0.4) is 0 Å². The van der Waals surface area contributed by atoms with E-state index in [2.05, 4.69) is 10.0 Å². The number of hydrogen-bond acceptors (Lipinski definition) is 2. The number of halogens is 2. The first-order valence-electron chi connectivity index (χ1n) is 3.40. The van der Waals surface area contributed by atoms with Crippen LogP contribution in [0.15, 0.2) is 17.0 Å². The number of carbonyl (C=O) groups excluding carboxylic acids is 1. The topological polar surface area (TPSA) is 41.1 Å². The van der Waals surface area contributed by atoms with Gasteiger partial charge in [0.1, 0.15) is 0 Å². The van der Waals surface area contributed by atoms with E-state index in [0.717, 1.165) is 11.9 Å². The highest BCUT2D eigenvalue weighted by molar-refractivity contribution is 7.98. The Balaban J connectivity index is 2.53. The molecule has 6 heteroatoms. The fraction of sp³-hybridized carbons (Fsp3) is 0. The molecule has 0 atom stereocenters. The smallest absolute Gasteiger partial charge is 0.306 e. The molecule has 0 aliphatic carbocycles. The highest BCUT2D eigenvalue weighted by atomic mass is 35.5. The number of nitrogens with one attached hydrogen (secondary N) is 2. The largest absolute Gasteiger partial charge is 0.329 e. The van der Waals surface area contributed by atoms with Crippen LogP contribution in [-0.4, -0.2) is 6.03 Å². The molecule has 13 heavy (non-hydrogen) atoms. The lowest BCUT2D eigenvalue weighted by molar-refractivity contribution is 0.257. The van der Waals surface area contributed by atoms with Crippen LogP contribution in [0.1, 0.15) is 0 Å². The number of carbonyl (C=O) groups is 1. The van der Waals surface area contributed by atoms with Gasteiger partial charge in [-0.05, 0) is 24.1 Å². The number of fused-ring (bicyclic) bond motifs is 1. The first-order chi connectivity index (χ1) is 6.18. The molecule has 0 fully saturated rings. The summed E-state index contributed by atoms with van der Waals surface area (Å²) < 4.78 is 15.6. The van der Waals surface area contributed by atoms with Crippen molar-refractivity contribution < 1.29 is 9.18 Å². The third-order valence-electron chi connectivity index (χ3n) is 1.54. The molecule has 1 aromatic rings. The number of hydrogen-bond donors (Lipinski definition) is 2. The Morgan fingerprint density at radius 3 is 3.00 bits per heavy atom. The Kier molecular flexibility index (Phi) is 2.05. The summed E-state index contributed by atoms with van der Waals surface area (Å²) in [6, 6.07) is 2.60. The van der Waals surface area contributed by atoms with Crippen LogP contribution in [0.5, 0.6) is 0 Å². The lowest BCUT2D eigenvalue weighted by Gasteiger charge is -2.17. The molecular formula is C7H4ClFN2OS. The maximum absolute atomic E-state index is 13.3. The molecule has 0 radical (unpaired) electrons. The number of urea groups is 1. The fourth-order valence-corrected chi connectivity index (χ4v) is 1.86. The Hall–Kier alpha value is -0.940. The van der Waals surface area contributed by atoms with E-state index in [9.17, 15) is 9.18 Å². The van der Waals surface area contributed by atoms with E-state index in [0.29, 0.717) is 10.6 Å². The van der Waals surface area contributed by atoms with Gasteiger partial charge >= 0.3 is 6.03 Å². The number of rotatable bonds is 0.